The van der Waals surface area contributed by atoms with E-state index in [0.717, 1.165) is 40.7 Å². The van der Waals surface area contributed by atoms with Crippen molar-refractivity contribution in [2.24, 2.45) is 4.99 Å². The third kappa shape index (κ3) is 3.40. The van der Waals surface area contributed by atoms with Crippen molar-refractivity contribution in [1.82, 2.24) is 19.7 Å². The lowest BCUT2D eigenvalue weighted by Crippen LogP contribution is -2.21. The Bertz CT molecular complexity index is 991. The van der Waals surface area contributed by atoms with Gasteiger partial charge in [0, 0.05) is 28.6 Å². The molecule has 0 saturated carbocycles. The van der Waals surface area contributed by atoms with Crippen LogP contribution in [-0.4, -0.2) is 46.0 Å². The quantitative estimate of drug-likeness (QED) is 0.689. The normalized spacial score (nSPS) is 14.3. The second kappa shape index (κ2) is 7.25. The molecule has 2 heterocycles. The monoisotopic (exact) mass is 379 g/mol. The van der Waals surface area contributed by atoms with Crippen LogP contribution in [0.4, 0.5) is 0 Å². The number of rotatable bonds is 4. The van der Waals surface area contributed by atoms with E-state index >= 15 is 0 Å². The van der Waals surface area contributed by atoms with E-state index < -0.39 is 0 Å². The molecule has 1 aliphatic heterocycles. The molecule has 2 aromatic carbocycles. The van der Waals surface area contributed by atoms with Gasteiger partial charge in [0.15, 0.2) is 5.82 Å². The van der Waals surface area contributed by atoms with E-state index in [4.69, 9.17) is 16.6 Å². The maximum absolute atomic E-state index is 6.35. The lowest BCUT2D eigenvalue weighted by Gasteiger charge is -2.19. The molecule has 0 N–H and O–H groups in total. The highest BCUT2D eigenvalue weighted by Crippen LogP contribution is 2.30. The molecule has 1 aromatic heterocycles. The Morgan fingerprint density at radius 3 is 2.63 bits per heavy atom. The largest absolute Gasteiger partial charge is 0.309 e. The van der Waals surface area contributed by atoms with E-state index in [1.165, 1.54) is 0 Å². The van der Waals surface area contributed by atoms with E-state index in [1.807, 2.05) is 36.4 Å². The van der Waals surface area contributed by atoms with Gasteiger partial charge in [0.1, 0.15) is 12.4 Å². The molecule has 0 bridgehead atoms. The summed E-state index contributed by atoms with van der Waals surface area (Å²) in [4.78, 5) is 7.04. The van der Waals surface area contributed by atoms with Gasteiger partial charge in [0.05, 0.1) is 11.4 Å². The van der Waals surface area contributed by atoms with Gasteiger partial charge >= 0.3 is 0 Å². The number of aliphatic imine (C=N–C) groups is 1. The van der Waals surface area contributed by atoms with Crippen molar-refractivity contribution in [3.63, 3.8) is 0 Å². The van der Waals surface area contributed by atoms with Gasteiger partial charge in [-0.15, -0.1) is 10.2 Å². The smallest absolute Gasteiger partial charge is 0.159 e. The first-order chi connectivity index (χ1) is 13.0. The van der Waals surface area contributed by atoms with Gasteiger partial charge in [-0.3, -0.25) is 9.56 Å². The molecular formula is C21H22ClN5. The Morgan fingerprint density at radius 2 is 1.89 bits per heavy atom. The second-order valence-corrected chi connectivity index (χ2v) is 7.60. The lowest BCUT2D eigenvalue weighted by molar-refractivity contribution is 0.375. The molecule has 1 aliphatic rings. The van der Waals surface area contributed by atoms with Crippen LogP contribution < -0.4 is 0 Å². The van der Waals surface area contributed by atoms with Gasteiger partial charge in [-0.1, -0.05) is 48.9 Å². The minimum Gasteiger partial charge on any atom is -0.309 e. The number of hydrogen-bond donors (Lipinski definition) is 0. The van der Waals surface area contributed by atoms with Crippen molar-refractivity contribution < 1.29 is 0 Å². The van der Waals surface area contributed by atoms with Gasteiger partial charge in [0.25, 0.3) is 0 Å². The molecule has 3 aromatic rings. The minimum atomic E-state index is 0.239. The summed E-state index contributed by atoms with van der Waals surface area (Å²) in [6.45, 7) is 3.56. The molecule has 1 unspecified atom stereocenters. The SMILES string of the molecule is CC(CN(C)C)c1nnc2n1-c1ccc(Cl)cc1C(c1ccccc1)=NC2. The molecule has 4 rings (SSSR count). The third-order valence-electron chi connectivity index (χ3n) is 4.72. The number of aromatic nitrogens is 3. The average Bonchev–Trinajstić information content (AvgIpc) is 3.00. The highest BCUT2D eigenvalue weighted by molar-refractivity contribution is 6.31. The summed E-state index contributed by atoms with van der Waals surface area (Å²) in [7, 11) is 4.14. The predicted molar refractivity (Wildman–Crippen MR) is 109 cm³/mol. The zero-order valence-electron chi connectivity index (χ0n) is 15.7. The number of likely N-dealkylation sites (N-methyl/N-ethyl adjacent to an activating group) is 1. The van der Waals surface area contributed by atoms with E-state index in [9.17, 15) is 0 Å². The van der Waals surface area contributed by atoms with Gasteiger partial charge in [-0.2, -0.15) is 0 Å². The van der Waals surface area contributed by atoms with Crippen LogP contribution in [0.5, 0.6) is 0 Å². The lowest BCUT2D eigenvalue weighted by atomic mass is 10.00. The summed E-state index contributed by atoms with van der Waals surface area (Å²) >= 11 is 6.35. The summed E-state index contributed by atoms with van der Waals surface area (Å²) in [6, 6.07) is 16.2. The van der Waals surface area contributed by atoms with Crippen LogP contribution in [0.15, 0.2) is 53.5 Å². The maximum Gasteiger partial charge on any atom is 0.159 e. The molecule has 0 spiro atoms. The highest BCUT2D eigenvalue weighted by atomic mass is 35.5. The van der Waals surface area contributed by atoms with Crippen LogP contribution in [0.2, 0.25) is 5.02 Å². The molecule has 0 aliphatic carbocycles. The van der Waals surface area contributed by atoms with Crippen LogP contribution >= 0.6 is 11.6 Å². The van der Waals surface area contributed by atoms with Gasteiger partial charge in [-0.05, 0) is 32.3 Å². The van der Waals surface area contributed by atoms with Crippen molar-refractivity contribution in [3.05, 3.63) is 76.3 Å². The summed E-state index contributed by atoms with van der Waals surface area (Å²) in [5.41, 5.74) is 4.04. The summed E-state index contributed by atoms with van der Waals surface area (Å²) in [5.74, 6) is 2.04. The second-order valence-electron chi connectivity index (χ2n) is 7.17. The molecule has 0 saturated heterocycles. The van der Waals surface area contributed by atoms with Gasteiger partial charge in [0.2, 0.25) is 0 Å². The molecule has 0 amide bonds. The Kier molecular flexibility index (Phi) is 4.81. The van der Waals surface area contributed by atoms with E-state index in [1.54, 1.807) is 0 Å². The van der Waals surface area contributed by atoms with Crippen LogP contribution in [0, 0.1) is 0 Å². The van der Waals surface area contributed by atoms with E-state index in [2.05, 4.69) is 52.8 Å². The first-order valence-electron chi connectivity index (χ1n) is 9.03. The summed E-state index contributed by atoms with van der Waals surface area (Å²) in [6.07, 6.45) is 0. The summed E-state index contributed by atoms with van der Waals surface area (Å²) in [5, 5.41) is 9.64. The first kappa shape index (κ1) is 17.9. The zero-order chi connectivity index (χ0) is 19.0. The van der Waals surface area contributed by atoms with Crippen molar-refractivity contribution in [2.45, 2.75) is 19.4 Å². The van der Waals surface area contributed by atoms with Gasteiger partial charge in [-0.25, -0.2) is 0 Å². The third-order valence-corrected chi connectivity index (χ3v) is 4.95. The van der Waals surface area contributed by atoms with Crippen molar-refractivity contribution in [2.75, 3.05) is 20.6 Å². The zero-order valence-corrected chi connectivity index (χ0v) is 16.5. The Balaban J connectivity index is 1.90. The number of fused-ring (bicyclic) bond motifs is 3. The Hall–Kier alpha value is -2.50. The predicted octanol–water partition coefficient (Wildman–Crippen LogP) is 3.94. The maximum atomic E-state index is 6.35. The van der Waals surface area contributed by atoms with Crippen molar-refractivity contribution in [3.8, 4) is 5.69 Å². The van der Waals surface area contributed by atoms with Crippen LogP contribution in [0.1, 0.15) is 35.6 Å². The van der Waals surface area contributed by atoms with E-state index in [-0.39, 0.29) is 5.92 Å². The molecular weight excluding hydrogens is 358 g/mol. The standard InChI is InChI=1S/C21H22ClN5/c1-14(13-26(2)3)21-25-24-19-12-23-20(15-7-5-4-6-8-15)17-11-16(22)9-10-18(17)27(19)21/h4-11,14H,12-13H2,1-3H3. The number of benzene rings is 2. The molecule has 1 atom stereocenters. The molecule has 5 nitrogen and oxygen atoms in total. The van der Waals surface area contributed by atoms with Crippen molar-refractivity contribution >= 4 is 17.3 Å². The fourth-order valence-electron chi connectivity index (χ4n) is 3.61. The molecule has 0 fully saturated rings. The molecule has 27 heavy (non-hydrogen) atoms. The topological polar surface area (TPSA) is 46.3 Å². The van der Waals surface area contributed by atoms with Crippen LogP contribution in [0.25, 0.3) is 5.69 Å². The fraction of sp³-hybridized carbons (Fsp3) is 0.286. The average molecular weight is 380 g/mol. The Labute approximate surface area is 164 Å². The molecule has 138 valence electrons. The Morgan fingerprint density at radius 1 is 1.11 bits per heavy atom. The summed E-state index contributed by atoms with van der Waals surface area (Å²) < 4.78 is 2.15. The van der Waals surface area contributed by atoms with Crippen LogP contribution in [-0.2, 0) is 6.54 Å². The van der Waals surface area contributed by atoms with Gasteiger partial charge < -0.3 is 4.90 Å². The molecule has 6 heteroatoms. The highest BCUT2D eigenvalue weighted by Gasteiger charge is 2.25. The molecule has 0 radical (unpaired) electrons. The number of halogens is 1. The van der Waals surface area contributed by atoms with E-state index in [0.29, 0.717) is 11.6 Å². The van der Waals surface area contributed by atoms with Crippen LogP contribution in [0.3, 0.4) is 0 Å². The number of nitrogens with zero attached hydrogens (tertiary/aromatic N) is 5. The van der Waals surface area contributed by atoms with Crippen molar-refractivity contribution in [1.29, 1.82) is 0 Å². The first-order valence-corrected chi connectivity index (χ1v) is 9.41. The fourth-order valence-corrected chi connectivity index (χ4v) is 3.79. The minimum absolute atomic E-state index is 0.239. The number of hydrogen-bond acceptors (Lipinski definition) is 4.